The first-order valence-corrected chi connectivity index (χ1v) is 7.28. The van der Waals surface area contributed by atoms with Gasteiger partial charge in [-0.1, -0.05) is 18.2 Å². The van der Waals surface area contributed by atoms with Crippen LogP contribution in [0.1, 0.15) is 16.1 Å². The zero-order valence-electron chi connectivity index (χ0n) is 13.2. The fourth-order valence-electron chi connectivity index (χ4n) is 1.89. The van der Waals surface area contributed by atoms with Crippen molar-refractivity contribution in [2.24, 2.45) is 0 Å². The van der Waals surface area contributed by atoms with Crippen LogP contribution >= 0.6 is 0 Å². The Morgan fingerprint density at radius 2 is 2.04 bits per heavy atom. The van der Waals surface area contributed by atoms with Crippen LogP contribution in [0.2, 0.25) is 0 Å². The number of halogens is 1. The van der Waals surface area contributed by atoms with Crippen molar-refractivity contribution < 1.29 is 9.18 Å². The fraction of sp³-hybridized carbons (Fsp3) is 0.312. The van der Waals surface area contributed by atoms with Crippen molar-refractivity contribution in [2.75, 3.05) is 32.5 Å². The molecule has 0 unspecified atom stereocenters. The number of aromatic nitrogens is 2. The Hall–Kier alpha value is -2.54. The van der Waals surface area contributed by atoms with Gasteiger partial charge >= 0.3 is 0 Å². The van der Waals surface area contributed by atoms with Crippen molar-refractivity contribution in [3.8, 4) is 0 Å². The van der Waals surface area contributed by atoms with Gasteiger partial charge in [0, 0.05) is 31.3 Å². The van der Waals surface area contributed by atoms with Crippen LogP contribution in [0.5, 0.6) is 0 Å². The standard InChI is InChI=1S/C16H20FN5O/c1-22(2)8-7-18-15-9-14(20-11-21-15)16(23)19-10-12-5-3-4-6-13(12)17/h3-6,9,11H,7-8,10H2,1-2H3,(H,19,23)(H,18,20,21). The Kier molecular flexibility index (Phi) is 5.99. The van der Waals surface area contributed by atoms with E-state index in [4.69, 9.17) is 0 Å². The molecule has 2 aromatic rings. The molecule has 7 heteroatoms. The third-order valence-electron chi connectivity index (χ3n) is 3.16. The Labute approximate surface area is 134 Å². The third-order valence-corrected chi connectivity index (χ3v) is 3.16. The minimum Gasteiger partial charge on any atom is -0.369 e. The lowest BCUT2D eigenvalue weighted by atomic mass is 10.2. The molecule has 0 spiro atoms. The average molecular weight is 317 g/mol. The van der Waals surface area contributed by atoms with Crippen LogP contribution in [0.3, 0.4) is 0 Å². The predicted octanol–water partition coefficient (Wildman–Crippen LogP) is 1.52. The predicted molar refractivity (Wildman–Crippen MR) is 86.6 cm³/mol. The molecule has 0 radical (unpaired) electrons. The Morgan fingerprint density at radius 3 is 2.78 bits per heavy atom. The van der Waals surface area contributed by atoms with E-state index in [1.807, 2.05) is 19.0 Å². The highest BCUT2D eigenvalue weighted by Gasteiger charge is 2.09. The van der Waals surface area contributed by atoms with Gasteiger partial charge in [-0.15, -0.1) is 0 Å². The summed E-state index contributed by atoms with van der Waals surface area (Å²) in [4.78, 5) is 22.2. The summed E-state index contributed by atoms with van der Waals surface area (Å²) in [6, 6.07) is 7.90. The Bertz CT molecular complexity index is 662. The summed E-state index contributed by atoms with van der Waals surface area (Å²) in [6.45, 7) is 1.66. The van der Waals surface area contributed by atoms with Crippen LogP contribution in [-0.2, 0) is 6.54 Å². The number of carbonyl (C=O) groups excluding carboxylic acids is 1. The van der Waals surface area contributed by atoms with Crippen LogP contribution in [0.25, 0.3) is 0 Å². The van der Waals surface area contributed by atoms with E-state index < -0.39 is 0 Å². The van der Waals surface area contributed by atoms with Gasteiger partial charge in [0.15, 0.2) is 0 Å². The van der Waals surface area contributed by atoms with Crippen LogP contribution in [-0.4, -0.2) is 48.0 Å². The zero-order chi connectivity index (χ0) is 16.7. The molecule has 0 saturated carbocycles. The number of anilines is 1. The number of hydrogen-bond acceptors (Lipinski definition) is 5. The SMILES string of the molecule is CN(C)CCNc1cc(C(=O)NCc2ccccc2F)ncn1. The summed E-state index contributed by atoms with van der Waals surface area (Å²) in [7, 11) is 3.95. The fourth-order valence-corrected chi connectivity index (χ4v) is 1.89. The van der Waals surface area contributed by atoms with Gasteiger partial charge in [0.25, 0.3) is 5.91 Å². The molecule has 0 aliphatic carbocycles. The van der Waals surface area contributed by atoms with Gasteiger partial charge in [-0.2, -0.15) is 0 Å². The van der Waals surface area contributed by atoms with E-state index in [-0.39, 0.29) is 24.0 Å². The van der Waals surface area contributed by atoms with Crippen LogP contribution in [0.15, 0.2) is 36.7 Å². The molecule has 1 aromatic heterocycles. The molecule has 0 atom stereocenters. The highest BCUT2D eigenvalue weighted by atomic mass is 19.1. The zero-order valence-corrected chi connectivity index (χ0v) is 13.2. The van der Waals surface area contributed by atoms with Gasteiger partial charge < -0.3 is 15.5 Å². The third kappa shape index (κ3) is 5.30. The average Bonchev–Trinajstić information content (AvgIpc) is 2.54. The molecule has 2 rings (SSSR count). The summed E-state index contributed by atoms with van der Waals surface area (Å²) in [5.74, 6) is -0.134. The molecule has 1 aromatic carbocycles. The molecule has 0 aliphatic heterocycles. The topological polar surface area (TPSA) is 70.2 Å². The van der Waals surface area contributed by atoms with Gasteiger partial charge in [-0.3, -0.25) is 4.79 Å². The lowest BCUT2D eigenvalue weighted by molar-refractivity contribution is 0.0945. The minimum atomic E-state index is -0.369. The molecule has 1 heterocycles. The summed E-state index contributed by atoms with van der Waals surface area (Å²) in [5.41, 5.74) is 0.669. The van der Waals surface area contributed by atoms with E-state index in [2.05, 4.69) is 20.6 Å². The second kappa shape index (κ2) is 8.19. The van der Waals surface area contributed by atoms with E-state index in [1.54, 1.807) is 24.3 Å². The highest BCUT2D eigenvalue weighted by Crippen LogP contribution is 2.07. The molecule has 2 N–H and O–H groups in total. The second-order valence-electron chi connectivity index (χ2n) is 5.29. The maximum atomic E-state index is 13.5. The number of rotatable bonds is 7. The van der Waals surface area contributed by atoms with Crippen molar-refractivity contribution in [3.63, 3.8) is 0 Å². The number of nitrogens with zero attached hydrogens (tertiary/aromatic N) is 3. The van der Waals surface area contributed by atoms with Crippen LogP contribution in [0, 0.1) is 5.82 Å². The van der Waals surface area contributed by atoms with Gasteiger partial charge in [-0.25, -0.2) is 14.4 Å². The first kappa shape index (κ1) is 16.8. The van der Waals surface area contributed by atoms with E-state index in [0.29, 0.717) is 17.9 Å². The molecular weight excluding hydrogens is 297 g/mol. The molecule has 23 heavy (non-hydrogen) atoms. The van der Waals surface area contributed by atoms with Crippen molar-refractivity contribution in [1.82, 2.24) is 20.2 Å². The molecule has 0 saturated heterocycles. The quantitative estimate of drug-likeness (QED) is 0.810. The lowest BCUT2D eigenvalue weighted by Gasteiger charge is -2.11. The number of amides is 1. The lowest BCUT2D eigenvalue weighted by Crippen LogP contribution is -2.25. The molecular formula is C16H20FN5O. The van der Waals surface area contributed by atoms with E-state index in [1.165, 1.54) is 12.4 Å². The van der Waals surface area contributed by atoms with Crippen LogP contribution < -0.4 is 10.6 Å². The summed E-state index contributed by atoms with van der Waals surface area (Å²) < 4.78 is 13.5. The van der Waals surface area contributed by atoms with Gasteiger partial charge in [-0.05, 0) is 20.2 Å². The number of hydrogen-bond donors (Lipinski definition) is 2. The second-order valence-corrected chi connectivity index (χ2v) is 5.29. The molecule has 0 aliphatic rings. The normalized spacial score (nSPS) is 10.6. The van der Waals surface area contributed by atoms with Gasteiger partial charge in [0.2, 0.25) is 0 Å². The maximum absolute atomic E-state index is 13.5. The summed E-state index contributed by atoms with van der Waals surface area (Å²) >= 11 is 0. The number of nitrogens with one attached hydrogen (secondary N) is 2. The van der Waals surface area contributed by atoms with Crippen molar-refractivity contribution in [3.05, 3.63) is 53.7 Å². The monoisotopic (exact) mass is 317 g/mol. The number of benzene rings is 1. The molecule has 0 bridgehead atoms. The first-order valence-electron chi connectivity index (χ1n) is 7.28. The van der Waals surface area contributed by atoms with E-state index in [0.717, 1.165) is 6.54 Å². The van der Waals surface area contributed by atoms with Gasteiger partial charge in [0.1, 0.15) is 23.7 Å². The largest absolute Gasteiger partial charge is 0.369 e. The summed E-state index contributed by atoms with van der Waals surface area (Å²) in [5, 5.41) is 5.77. The smallest absolute Gasteiger partial charge is 0.270 e. The van der Waals surface area contributed by atoms with Crippen molar-refractivity contribution in [1.29, 1.82) is 0 Å². The van der Waals surface area contributed by atoms with E-state index >= 15 is 0 Å². The van der Waals surface area contributed by atoms with Crippen LogP contribution in [0.4, 0.5) is 10.2 Å². The minimum absolute atomic E-state index is 0.110. The molecule has 6 nitrogen and oxygen atoms in total. The van der Waals surface area contributed by atoms with Gasteiger partial charge in [0.05, 0.1) is 0 Å². The van der Waals surface area contributed by atoms with E-state index in [9.17, 15) is 9.18 Å². The Balaban J connectivity index is 1.93. The number of carbonyl (C=O) groups is 1. The number of likely N-dealkylation sites (N-methyl/N-ethyl adjacent to an activating group) is 1. The first-order chi connectivity index (χ1) is 11.1. The molecule has 1 amide bonds. The highest BCUT2D eigenvalue weighted by molar-refractivity contribution is 5.92. The molecule has 122 valence electrons. The maximum Gasteiger partial charge on any atom is 0.270 e. The van der Waals surface area contributed by atoms with Crippen molar-refractivity contribution in [2.45, 2.75) is 6.54 Å². The summed E-state index contributed by atoms with van der Waals surface area (Å²) in [6.07, 6.45) is 1.33. The Morgan fingerprint density at radius 1 is 1.26 bits per heavy atom. The van der Waals surface area contributed by atoms with Crippen molar-refractivity contribution >= 4 is 11.7 Å². The molecule has 0 fully saturated rings.